The van der Waals surface area contributed by atoms with Crippen molar-refractivity contribution in [2.75, 3.05) is 26.2 Å². The average molecular weight is 527 g/mol. The monoisotopic (exact) mass is 526 g/mol. The first-order valence-electron chi connectivity index (χ1n) is 13.7. The van der Waals surface area contributed by atoms with E-state index in [0.717, 1.165) is 36.2 Å². The molecule has 0 unspecified atom stereocenters. The first kappa shape index (κ1) is 28.1. The molecule has 1 fully saturated rings. The number of hydrogen-bond acceptors (Lipinski definition) is 5. The quantitative estimate of drug-likeness (QED) is 0.191. The third-order valence-corrected chi connectivity index (χ3v) is 7.50. The van der Waals surface area contributed by atoms with Crippen molar-refractivity contribution in [1.29, 1.82) is 0 Å². The maximum Gasteiger partial charge on any atom is 0.295 e. The number of amides is 1. The number of aliphatic hydroxyl groups excluding tert-OH is 1. The highest BCUT2D eigenvalue weighted by Crippen LogP contribution is 2.40. The minimum atomic E-state index is -0.653. The summed E-state index contributed by atoms with van der Waals surface area (Å²) in [7, 11) is 0. The number of hydrogen-bond donors (Lipinski definition) is 1. The molecule has 6 heteroatoms. The first-order chi connectivity index (χ1) is 18.9. The lowest BCUT2D eigenvalue weighted by molar-refractivity contribution is -0.140. The van der Waals surface area contributed by atoms with Crippen molar-refractivity contribution in [1.82, 2.24) is 9.80 Å². The number of nitrogens with zero attached hydrogens (tertiary/aromatic N) is 2. The van der Waals surface area contributed by atoms with Crippen molar-refractivity contribution in [2.24, 2.45) is 0 Å². The number of carbonyl (C=O) groups is 2. The molecule has 1 saturated heterocycles. The van der Waals surface area contributed by atoms with Gasteiger partial charge in [-0.2, -0.15) is 0 Å². The number of Topliss-reactive ketones (excluding diaryl/α,β-unsaturated/α-hetero) is 1. The Bertz CT molecular complexity index is 1330. The fourth-order valence-electron chi connectivity index (χ4n) is 5.06. The van der Waals surface area contributed by atoms with Gasteiger partial charge in [0.15, 0.2) is 0 Å². The van der Waals surface area contributed by atoms with Crippen molar-refractivity contribution >= 4 is 17.4 Å². The van der Waals surface area contributed by atoms with Gasteiger partial charge in [-0.1, -0.05) is 75.4 Å². The zero-order valence-electron chi connectivity index (χ0n) is 23.3. The van der Waals surface area contributed by atoms with Crippen molar-refractivity contribution in [3.8, 4) is 5.75 Å². The van der Waals surface area contributed by atoms with Crippen LogP contribution in [0.2, 0.25) is 0 Å². The molecule has 1 heterocycles. The molecule has 1 amide bonds. The van der Waals surface area contributed by atoms with Gasteiger partial charge in [-0.3, -0.25) is 9.59 Å². The van der Waals surface area contributed by atoms with E-state index in [1.54, 1.807) is 17.0 Å². The van der Waals surface area contributed by atoms with E-state index in [-0.39, 0.29) is 11.3 Å². The van der Waals surface area contributed by atoms with E-state index in [4.69, 9.17) is 4.74 Å². The summed E-state index contributed by atoms with van der Waals surface area (Å²) in [5, 5.41) is 11.5. The second-order valence-electron chi connectivity index (χ2n) is 9.87. The minimum Gasteiger partial charge on any atom is -0.507 e. The van der Waals surface area contributed by atoms with Gasteiger partial charge in [0, 0.05) is 18.7 Å². The van der Waals surface area contributed by atoms with Crippen molar-refractivity contribution in [3.63, 3.8) is 0 Å². The molecule has 1 aliphatic heterocycles. The molecule has 0 spiro atoms. The summed E-state index contributed by atoms with van der Waals surface area (Å²) in [6.07, 6.45) is 0.889. The first-order valence-corrected chi connectivity index (χ1v) is 13.7. The Morgan fingerprint density at radius 3 is 2.23 bits per heavy atom. The summed E-state index contributed by atoms with van der Waals surface area (Å²) in [5.41, 5.74) is 4.44. The lowest BCUT2D eigenvalue weighted by atomic mass is 9.93. The molecule has 39 heavy (non-hydrogen) atoms. The third kappa shape index (κ3) is 6.23. The number of aliphatic hydroxyl groups is 1. The summed E-state index contributed by atoms with van der Waals surface area (Å²) >= 11 is 0. The highest BCUT2D eigenvalue weighted by atomic mass is 16.5. The number of ketones is 1. The van der Waals surface area contributed by atoms with Crippen LogP contribution in [0.3, 0.4) is 0 Å². The molecule has 6 nitrogen and oxygen atoms in total. The summed E-state index contributed by atoms with van der Waals surface area (Å²) in [6, 6.07) is 22.6. The van der Waals surface area contributed by atoms with Crippen LogP contribution in [0.1, 0.15) is 54.6 Å². The van der Waals surface area contributed by atoms with E-state index >= 15 is 0 Å². The Hall–Kier alpha value is -3.90. The van der Waals surface area contributed by atoms with E-state index in [2.05, 4.69) is 25.7 Å². The summed E-state index contributed by atoms with van der Waals surface area (Å²) in [6.45, 7) is 11.3. The molecular weight excluding hydrogens is 488 g/mol. The predicted molar refractivity (Wildman–Crippen MR) is 155 cm³/mol. The standard InChI is InChI=1S/C33H38N2O4/c1-5-24-13-15-26(16-14-24)30-29(32(37)33(38)35(30)20-19-34(6-2)7-3)31(36)28-18-17-27(21-23(28)4)39-22-25-11-9-8-10-12-25/h8-18,21,30,36H,5-7,19-20,22H2,1-4H3/b31-29+/t30-/m0/s1. The van der Waals surface area contributed by atoms with Crippen LogP contribution in [-0.2, 0) is 22.6 Å². The number of aryl methyl sites for hydroxylation is 2. The predicted octanol–water partition coefficient (Wildman–Crippen LogP) is 5.90. The molecule has 0 aliphatic carbocycles. The molecular formula is C33H38N2O4. The van der Waals surface area contributed by atoms with Crippen LogP contribution in [-0.4, -0.2) is 52.8 Å². The van der Waals surface area contributed by atoms with Gasteiger partial charge in [0.25, 0.3) is 11.7 Å². The number of likely N-dealkylation sites (tertiary alicyclic amines) is 1. The number of benzene rings is 3. The highest BCUT2D eigenvalue weighted by Gasteiger charge is 2.46. The van der Waals surface area contributed by atoms with Gasteiger partial charge in [-0.15, -0.1) is 0 Å². The smallest absolute Gasteiger partial charge is 0.295 e. The Morgan fingerprint density at radius 2 is 1.62 bits per heavy atom. The van der Waals surface area contributed by atoms with Crippen molar-refractivity contribution in [3.05, 3.63) is 106 Å². The molecule has 204 valence electrons. The normalized spacial score (nSPS) is 16.7. The van der Waals surface area contributed by atoms with Crippen LogP contribution in [0.25, 0.3) is 5.76 Å². The zero-order valence-corrected chi connectivity index (χ0v) is 23.3. The van der Waals surface area contributed by atoms with E-state index in [1.807, 2.05) is 67.6 Å². The van der Waals surface area contributed by atoms with E-state index < -0.39 is 17.7 Å². The van der Waals surface area contributed by atoms with Crippen molar-refractivity contribution < 1.29 is 19.4 Å². The molecule has 1 atom stereocenters. The van der Waals surface area contributed by atoms with Crippen LogP contribution < -0.4 is 4.74 Å². The van der Waals surface area contributed by atoms with Crippen LogP contribution >= 0.6 is 0 Å². The maximum absolute atomic E-state index is 13.4. The summed E-state index contributed by atoms with van der Waals surface area (Å²) in [5.74, 6) is -0.719. The largest absolute Gasteiger partial charge is 0.507 e. The number of carbonyl (C=O) groups excluding carboxylic acids is 2. The van der Waals surface area contributed by atoms with E-state index in [0.29, 0.717) is 31.0 Å². The summed E-state index contributed by atoms with van der Waals surface area (Å²) < 4.78 is 5.94. The van der Waals surface area contributed by atoms with E-state index in [9.17, 15) is 14.7 Å². The molecule has 1 aliphatic rings. The fraction of sp³-hybridized carbons (Fsp3) is 0.333. The summed E-state index contributed by atoms with van der Waals surface area (Å²) in [4.78, 5) is 30.5. The Balaban J connectivity index is 1.69. The van der Waals surface area contributed by atoms with Gasteiger partial charge >= 0.3 is 0 Å². The molecule has 0 aromatic heterocycles. The van der Waals surface area contributed by atoms with Crippen LogP contribution in [0.5, 0.6) is 5.75 Å². The van der Waals surface area contributed by atoms with Gasteiger partial charge in [0.2, 0.25) is 0 Å². The topological polar surface area (TPSA) is 70.1 Å². The van der Waals surface area contributed by atoms with Crippen LogP contribution in [0.4, 0.5) is 0 Å². The molecule has 1 N–H and O–H groups in total. The SMILES string of the molecule is CCc1ccc([C@H]2/C(=C(\O)c3ccc(OCc4ccccc4)cc3C)C(=O)C(=O)N2CCN(CC)CC)cc1. The van der Waals surface area contributed by atoms with Crippen LogP contribution in [0.15, 0.2) is 78.4 Å². The molecule has 0 bridgehead atoms. The maximum atomic E-state index is 13.4. The van der Waals surface area contributed by atoms with Gasteiger partial charge in [-0.25, -0.2) is 0 Å². The lowest BCUT2D eigenvalue weighted by Gasteiger charge is -2.28. The fourth-order valence-corrected chi connectivity index (χ4v) is 5.06. The molecule has 0 saturated carbocycles. The third-order valence-electron chi connectivity index (χ3n) is 7.50. The second kappa shape index (κ2) is 12.8. The van der Waals surface area contributed by atoms with Gasteiger partial charge in [0.1, 0.15) is 18.1 Å². The zero-order chi connectivity index (χ0) is 27.9. The lowest BCUT2D eigenvalue weighted by Crippen LogP contribution is -2.38. The Morgan fingerprint density at radius 1 is 0.923 bits per heavy atom. The Labute approximate surface area is 231 Å². The molecule has 3 aromatic carbocycles. The number of likely N-dealkylation sites (N-methyl/N-ethyl adjacent to an activating group) is 1. The number of rotatable bonds is 11. The number of ether oxygens (including phenoxy) is 1. The van der Waals surface area contributed by atoms with Gasteiger partial charge in [0.05, 0.1) is 11.6 Å². The molecule has 0 radical (unpaired) electrons. The molecule has 4 rings (SSSR count). The minimum absolute atomic E-state index is 0.129. The van der Waals surface area contributed by atoms with Gasteiger partial charge < -0.3 is 19.6 Å². The van der Waals surface area contributed by atoms with Crippen molar-refractivity contribution in [2.45, 2.75) is 46.8 Å². The second-order valence-corrected chi connectivity index (χ2v) is 9.87. The van der Waals surface area contributed by atoms with Gasteiger partial charge in [-0.05, 0) is 66.9 Å². The van der Waals surface area contributed by atoms with Crippen LogP contribution in [0, 0.1) is 6.92 Å². The highest BCUT2D eigenvalue weighted by molar-refractivity contribution is 6.46. The average Bonchev–Trinajstić information content (AvgIpc) is 3.22. The Kier molecular flexibility index (Phi) is 9.20. The van der Waals surface area contributed by atoms with E-state index in [1.165, 1.54) is 5.56 Å². The molecule has 3 aromatic rings.